The second-order valence-electron chi connectivity index (χ2n) is 6.30. The van der Waals surface area contributed by atoms with Crippen molar-refractivity contribution in [3.63, 3.8) is 0 Å². The van der Waals surface area contributed by atoms with E-state index in [9.17, 15) is 4.79 Å². The van der Waals surface area contributed by atoms with Crippen LogP contribution in [-0.4, -0.2) is 30.2 Å². The maximum absolute atomic E-state index is 12.0. The molecule has 0 radical (unpaired) electrons. The predicted octanol–water partition coefficient (Wildman–Crippen LogP) is 4.42. The summed E-state index contributed by atoms with van der Waals surface area (Å²) < 4.78 is 10.3. The number of nitrogens with one attached hydrogen (secondary N) is 1. The van der Waals surface area contributed by atoms with Crippen molar-refractivity contribution in [1.82, 2.24) is 9.97 Å². The Morgan fingerprint density at radius 3 is 2.48 bits per heavy atom. The normalized spacial score (nSPS) is 10.3. The molecule has 0 spiro atoms. The molecule has 3 aromatic carbocycles. The number of rotatable bonds is 3. The summed E-state index contributed by atoms with van der Waals surface area (Å²) in [6.45, 7) is 0. The lowest BCUT2D eigenvalue weighted by Gasteiger charge is -2.05. The van der Waals surface area contributed by atoms with Crippen molar-refractivity contribution in [3.05, 3.63) is 83.4 Å². The topological polar surface area (TPSA) is 64.2 Å². The van der Waals surface area contributed by atoms with Crippen molar-refractivity contribution in [3.8, 4) is 29.0 Å². The molecule has 1 N–H and O–H groups in total. The van der Waals surface area contributed by atoms with E-state index >= 15 is 0 Å². The molecule has 0 aliphatic heterocycles. The maximum Gasteiger partial charge on any atom is 0.339 e. The number of ether oxygens (including phenoxy) is 2. The lowest BCUT2D eigenvalue weighted by molar-refractivity contribution is 0.0600. The number of H-pyrrole nitrogens is 1. The molecule has 5 nitrogen and oxygen atoms in total. The van der Waals surface area contributed by atoms with Crippen molar-refractivity contribution in [2.45, 2.75) is 0 Å². The van der Waals surface area contributed by atoms with Crippen LogP contribution in [0.4, 0.5) is 0 Å². The molecule has 4 aromatic rings. The van der Waals surface area contributed by atoms with Gasteiger partial charge < -0.3 is 14.5 Å². The number of benzene rings is 3. The van der Waals surface area contributed by atoms with Gasteiger partial charge >= 0.3 is 5.97 Å². The van der Waals surface area contributed by atoms with Crippen LogP contribution in [0.25, 0.3) is 22.4 Å². The molecule has 0 atom stereocenters. The molecule has 0 amide bonds. The van der Waals surface area contributed by atoms with E-state index in [-0.39, 0.29) is 0 Å². The van der Waals surface area contributed by atoms with Crippen LogP contribution in [0.5, 0.6) is 5.75 Å². The van der Waals surface area contributed by atoms with Crippen LogP contribution < -0.4 is 4.74 Å². The first-order valence-electron chi connectivity index (χ1n) is 9.02. The van der Waals surface area contributed by atoms with Gasteiger partial charge in [-0.15, -0.1) is 0 Å². The highest BCUT2D eigenvalue weighted by atomic mass is 16.5. The third-order valence-electron chi connectivity index (χ3n) is 4.53. The number of aromatic nitrogens is 2. The summed E-state index contributed by atoms with van der Waals surface area (Å²) in [5.74, 6) is 7.17. The monoisotopic (exact) mass is 382 g/mol. The number of nitrogens with zero attached hydrogens (tertiary/aromatic N) is 1. The van der Waals surface area contributed by atoms with E-state index in [4.69, 9.17) is 9.47 Å². The van der Waals surface area contributed by atoms with Crippen LogP contribution in [0, 0.1) is 11.8 Å². The van der Waals surface area contributed by atoms with E-state index < -0.39 is 5.97 Å². The van der Waals surface area contributed by atoms with Gasteiger partial charge in [0, 0.05) is 11.1 Å². The standard InChI is InChI=1S/C24H18N2O3/c1-28-22-14-13-18(23-25-20-9-5-6-10-21(20)26-23)15-17(22)12-11-16-7-3-4-8-19(16)24(27)29-2/h3-10,13-15H,1-2H3,(H,25,26). The third kappa shape index (κ3) is 3.69. The Labute approximate surface area is 168 Å². The molecular formula is C24H18N2O3. The molecule has 5 heteroatoms. The molecule has 0 fully saturated rings. The van der Waals surface area contributed by atoms with Crippen LogP contribution in [0.3, 0.4) is 0 Å². The number of carbonyl (C=O) groups is 1. The van der Waals surface area contributed by atoms with Gasteiger partial charge in [0.05, 0.1) is 36.4 Å². The molecule has 0 bridgehead atoms. The first-order valence-corrected chi connectivity index (χ1v) is 9.02. The summed E-state index contributed by atoms with van der Waals surface area (Å²) >= 11 is 0. The average Bonchev–Trinajstić information content (AvgIpc) is 3.21. The molecule has 29 heavy (non-hydrogen) atoms. The zero-order valence-electron chi connectivity index (χ0n) is 16.0. The Kier molecular flexibility index (Phi) is 5.00. The second kappa shape index (κ2) is 7.91. The SMILES string of the molecule is COC(=O)c1ccccc1C#Cc1cc(-c2nc3ccccc3[nH]2)ccc1OC. The Balaban J connectivity index is 1.76. The molecule has 0 saturated heterocycles. The number of fused-ring (bicyclic) bond motifs is 1. The van der Waals surface area contributed by atoms with Crippen molar-refractivity contribution in [1.29, 1.82) is 0 Å². The number of esters is 1. The zero-order valence-corrected chi connectivity index (χ0v) is 16.0. The van der Waals surface area contributed by atoms with Gasteiger partial charge in [0.1, 0.15) is 11.6 Å². The number of hydrogen-bond acceptors (Lipinski definition) is 4. The van der Waals surface area contributed by atoms with Crippen molar-refractivity contribution >= 4 is 17.0 Å². The van der Waals surface area contributed by atoms with E-state index in [1.807, 2.05) is 48.5 Å². The average molecular weight is 382 g/mol. The quantitative estimate of drug-likeness (QED) is 0.421. The smallest absolute Gasteiger partial charge is 0.339 e. The Hall–Kier alpha value is -4.04. The fraction of sp³-hybridized carbons (Fsp3) is 0.0833. The van der Waals surface area contributed by atoms with Crippen LogP contribution in [0.2, 0.25) is 0 Å². The molecule has 0 saturated carbocycles. The minimum Gasteiger partial charge on any atom is -0.495 e. The lowest BCUT2D eigenvalue weighted by atomic mass is 10.1. The Bertz CT molecular complexity index is 1230. The summed E-state index contributed by atoms with van der Waals surface area (Å²) in [5, 5.41) is 0. The van der Waals surface area contributed by atoms with Crippen LogP contribution in [-0.2, 0) is 4.74 Å². The van der Waals surface area contributed by atoms with Gasteiger partial charge in [-0.2, -0.15) is 0 Å². The fourth-order valence-electron chi connectivity index (χ4n) is 3.06. The van der Waals surface area contributed by atoms with Gasteiger partial charge in [-0.25, -0.2) is 9.78 Å². The molecule has 0 aliphatic rings. The number of carbonyl (C=O) groups excluding carboxylic acids is 1. The first kappa shape index (κ1) is 18.3. The molecule has 0 unspecified atom stereocenters. The van der Waals surface area contributed by atoms with E-state index in [1.165, 1.54) is 7.11 Å². The lowest BCUT2D eigenvalue weighted by Crippen LogP contribution is -2.03. The van der Waals surface area contributed by atoms with E-state index in [1.54, 1.807) is 25.3 Å². The van der Waals surface area contributed by atoms with E-state index in [2.05, 4.69) is 21.8 Å². The van der Waals surface area contributed by atoms with Crippen molar-refractivity contribution in [2.24, 2.45) is 0 Å². The number of para-hydroxylation sites is 2. The van der Waals surface area contributed by atoms with Gasteiger partial charge in [-0.3, -0.25) is 0 Å². The highest BCUT2D eigenvalue weighted by molar-refractivity contribution is 5.92. The van der Waals surface area contributed by atoms with Gasteiger partial charge in [0.15, 0.2) is 0 Å². The highest BCUT2D eigenvalue weighted by Crippen LogP contribution is 2.26. The largest absolute Gasteiger partial charge is 0.495 e. The molecule has 142 valence electrons. The van der Waals surface area contributed by atoms with Crippen LogP contribution >= 0.6 is 0 Å². The molecule has 1 heterocycles. The summed E-state index contributed by atoms with van der Waals surface area (Å²) in [7, 11) is 2.95. The molecule has 1 aromatic heterocycles. The minimum atomic E-state index is -0.419. The van der Waals surface area contributed by atoms with Gasteiger partial charge in [0.25, 0.3) is 0 Å². The van der Waals surface area contributed by atoms with Gasteiger partial charge in [-0.1, -0.05) is 36.1 Å². The Morgan fingerprint density at radius 1 is 0.931 bits per heavy atom. The number of aromatic amines is 1. The zero-order chi connectivity index (χ0) is 20.2. The fourth-order valence-corrected chi connectivity index (χ4v) is 3.06. The summed E-state index contributed by atoms with van der Waals surface area (Å²) in [6.07, 6.45) is 0. The van der Waals surface area contributed by atoms with Gasteiger partial charge in [0.2, 0.25) is 0 Å². The van der Waals surface area contributed by atoms with E-state index in [0.29, 0.717) is 22.4 Å². The highest BCUT2D eigenvalue weighted by Gasteiger charge is 2.10. The van der Waals surface area contributed by atoms with Crippen molar-refractivity contribution < 1.29 is 14.3 Å². The van der Waals surface area contributed by atoms with Crippen LogP contribution in [0.15, 0.2) is 66.7 Å². The van der Waals surface area contributed by atoms with Crippen LogP contribution in [0.1, 0.15) is 21.5 Å². The predicted molar refractivity (Wildman–Crippen MR) is 112 cm³/mol. The number of hydrogen-bond donors (Lipinski definition) is 1. The summed E-state index contributed by atoms with van der Waals surface area (Å²) in [6, 6.07) is 20.7. The first-order chi connectivity index (χ1) is 14.2. The Morgan fingerprint density at radius 2 is 1.69 bits per heavy atom. The maximum atomic E-state index is 12.0. The molecule has 0 aliphatic carbocycles. The van der Waals surface area contributed by atoms with E-state index in [0.717, 1.165) is 22.4 Å². The van der Waals surface area contributed by atoms with Gasteiger partial charge in [-0.05, 0) is 42.5 Å². The molecule has 4 rings (SSSR count). The summed E-state index contributed by atoms with van der Waals surface area (Å²) in [4.78, 5) is 19.9. The second-order valence-corrected chi connectivity index (χ2v) is 6.30. The molecular weight excluding hydrogens is 364 g/mol. The third-order valence-corrected chi connectivity index (χ3v) is 4.53. The van der Waals surface area contributed by atoms with Crippen molar-refractivity contribution in [2.75, 3.05) is 14.2 Å². The minimum absolute atomic E-state index is 0.419. The number of imidazole rings is 1. The number of methoxy groups -OCH3 is 2. The summed E-state index contributed by atoms with van der Waals surface area (Å²) in [5.41, 5.74) is 4.49.